The molecule has 4 nitrogen and oxygen atoms in total. The third kappa shape index (κ3) is 7.59. The van der Waals surface area contributed by atoms with Gasteiger partial charge in [0.05, 0.1) is 0 Å². The number of unbranched alkanes of at least 4 members (excludes halogenated alkanes) is 3. The van der Waals surface area contributed by atoms with E-state index in [1.165, 1.54) is 12.8 Å². The molecule has 0 aliphatic carbocycles. The van der Waals surface area contributed by atoms with Crippen molar-refractivity contribution in [3.05, 3.63) is 0 Å². The maximum Gasteiger partial charge on any atom is 0.190 e. The molecule has 0 radical (unpaired) electrons. The van der Waals surface area contributed by atoms with Crippen LogP contribution in [0.25, 0.3) is 0 Å². The minimum atomic E-state index is 0.610. The van der Waals surface area contributed by atoms with Crippen LogP contribution in [0.2, 0.25) is 0 Å². The molecule has 0 fully saturated rings. The highest BCUT2D eigenvalue weighted by Crippen LogP contribution is 1.98. The van der Waals surface area contributed by atoms with Gasteiger partial charge in [0.15, 0.2) is 5.96 Å². The molecule has 4 N–H and O–H groups in total. The van der Waals surface area contributed by atoms with E-state index in [2.05, 4.69) is 4.99 Å². The SMILES string of the molecule is CN(C)C(N)=NCCCCCCN. The number of hydrogen-bond donors (Lipinski definition) is 2. The summed E-state index contributed by atoms with van der Waals surface area (Å²) in [6.07, 6.45) is 4.62. The van der Waals surface area contributed by atoms with Crippen LogP contribution >= 0.6 is 0 Å². The zero-order chi connectivity index (χ0) is 10.1. The molecule has 0 amide bonds. The lowest BCUT2D eigenvalue weighted by atomic mass is 10.2. The average Bonchev–Trinajstić information content (AvgIpc) is 2.10. The summed E-state index contributed by atoms with van der Waals surface area (Å²) in [6, 6.07) is 0. The Morgan fingerprint density at radius 3 is 2.31 bits per heavy atom. The molecule has 0 aromatic heterocycles. The van der Waals surface area contributed by atoms with E-state index in [-0.39, 0.29) is 0 Å². The first-order chi connectivity index (χ1) is 6.18. The molecule has 4 heteroatoms. The Morgan fingerprint density at radius 2 is 1.77 bits per heavy atom. The Morgan fingerprint density at radius 1 is 1.15 bits per heavy atom. The van der Waals surface area contributed by atoms with Crippen LogP contribution in [-0.2, 0) is 0 Å². The van der Waals surface area contributed by atoms with Crippen molar-refractivity contribution in [1.29, 1.82) is 0 Å². The molecular formula is C9H22N4. The quantitative estimate of drug-likeness (QED) is 0.358. The molecule has 0 rings (SSSR count). The third-order valence-corrected chi connectivity index (χ3v) is 1.84. The van der Waals surface area contributed by atoms with Crippen molar-refractivity contribution in [3.8, 4) is 0 Å². The van der Waals surface area contributed by atoms with Gasteiger partial charge in [0, 0.05) is 20.6 Å². The lowest BCUT2D eigenvalue weighted by molar-refractivity contribution is 0.601. The van der Waals surface area contributed by atoms with Gasteiger partial charge >= 0.3 is 0 Å². The van der Waals surface area contributed by atoms with Crippen LogP contribution in [0.5, 0.6) is 0 Å². The number of nitrogens with zero attached hydrogens (tertiary/aromatic N) is 2. The van der Waals surface area contributed by atoms with Gasteiger partial charge in [-0.25, -0.2) is 0 Å². The van der Waals surface area contributed by atoms with Gasteiger partial charge in [-0.15, -0.1) is 0 Å². The molecule has 0 aliphatic rings. The van der Waals surface area contributed by atoms with Crippen molar-refractivity contribution in [3.63, 3.8) is 0 Å². The fourth-order valence-corrected chi connectivity index (χ4v) is 0.945. The first-order valence-corrected chi connectivity index (χ1v) is 4.85. The van der Waals surface area contributed by atoms with E-state index in [0.29, 0.717) is 5.96 Å². The van der Waals surface area contributed by atoms with E-state index in [9.17, 15) is 0 Å². The molecule has 0 aliphatic heterocycles. The van der Waals surface area contributed by atoms with Crippen molar-refractivity contribution in [2.45, 2.75) is 25.7 Å². The Labute approximate surface area is 81.0 Å². The summed E-state index contributed by atoms with van der Waals surface area (Å²) in [5, 5.41) is 0. The highest BCUT2D eigenvalue weighted by Gasteiger charge is 1.92. The highest BCUT2D eigenvalue weighted by atomic mass is 15.2. The van der Waals surface area contributed by atoms with E-state index < -0.39 is 0 Å². The first kappa shape index (κ1) is 12.2. The minimum Gasteiger partial charge on any atom is -0.370 e. The molecule has 0 spiro atoms. The van der Waals surface area contributed by atoms with Crippen molar-refractivity contribution < 1.29 is 0 Å². The monoisotopic (exact) mass is 186 g/mol. The largest absolute Gasteiger partial charge is 0.370 e. The maximum atomic E-state index is 5.61. The molecule has 78 valence electrons. The molecule has 0 unspecified atom stereocenters. The predicted octanol–water partition coefficient (Wildman–Crippen LogP) is 0.382. The summed E-state index contributed by atoms with van der Waals surface area (Å²) in [6.45, 7) is 1.62. The third-order valence-electron chi connectivity index (χ3n) is 1.84. The Bertz CT molecular complexity index is 143. The van der Waals surface area contributed by atoms with E-state index in [4.69, 9.17) is 11.5 Å². The van der Waals surface area contributed by atoms with E-state index in [1.807, 2.05) is 19.0 Å². The zero-order valence-corrected chi connectivity index (χ0v) is 8.79. The Balaban J connectivity index is 3.29. The van der Waals surface area contributed by atoms with Gasteiger partial charge in [0.1, 0.15) is 0 Å². The normalized spacial score (nSPS) is 11.8. The molecule has 0 saturated carbocycles. The van der Waals surface area contributed by atoms with Crippen LogP contribution in [-0.4, -0.2) is 38.0 Å². The maximum absolute atomic E-state index is 5.61. The second-order valence-corrected chi connectivity index (χ2v) is 3.34. The lowest BCUT2D eigenvalue weighted by Gasteiger charge is -2.09. The number of rotatable bonds is 6. The van der Waals surface area contributed by atoms with Gasteiger partial charge in [-0.1, -0.05) is 12.8 Å². The Hall–Kier alpha value is -0.770. The van der Waals surface area contributed by atoms with Crippen LogP contribution in [0.1, 0.15) is 25.7 Å². The standard InChI is InChI=1S/C9H22N4/c1-13(2)9(11)12-8-6-4-3-5-7-10/h3-8,10H2,1-2H3,(H2,11,12). The van der Waals surface area contributed by atoms with Crippen molar-refractivity contribution >= 4 is 5.96 Å². The van der Waals surface area contributed by atoms with Gasteiger partial charge < -0.3 is 16.4 Å². The first-order valence-electron chi connectivity index (χ1n) is 4.85. The van der Waals surface area contributed by atoms with Gasteiger partial charge in [0.25, 0.3) is 0 Å². The second kappa shape index (κ2) is 7.86. The molecule has 0 bridgehead atoms. The smallest absolute Gasteiger partial charge is 0.190 e. The van der Waals surface area contributed by atoms with E-state index in [1.54, 1.807) is 0 Å². The summed E-state index contributed by atoms with van der Waals surface area (Å²) in [5.74, 6) is 0.610. The van der Waals surface area contributed by atoms with Crippen LogP contribution in [0.15, 0.2) is 4.99 Å². The van der Waals surface area contributed by atoms with Crippen molar-refractivity contribution in [2.75, 3.05) is 27.2 Å². The van der Waals surface area contributed by atoms with Crippen LogP contribution in [0, 0.1) is 0 Å². The Kier molecular flexibility index (Phi) is 7.39. The molecule has 0 atom stereocenters. The summed E-state index contributed by atoms with van der Waals surface area (Å²) < 4.78 is 0. The summed E-state index contributed by atoms with van der Waals surface area (Å²) >= 11 is 0. The fraction of sp³-hybridized carbons (Fsp3) is 0.889. The van der Waals surface area contributed by atoms with Gasteiger partial charge in [0.2, 0.25) is 0 Å². The molecule has 0 aromatic rings. The molecule has 0 heterocycles. The number of aliphatic imine (C=N–C) groups is 1. The number of guanidine groups is 1. The summed E-state index contributed by atoms with van der Waals surface area (Å²) in [7, 11) is 3.79. The van der Waals surface area contributed by atoms with Crippen LogP contribution in [0.3, 0.4) is 0 Å². The number of hydrogen-bond acceptors (Lipinski definition) is 2. The van der Waals surface area contributed by atoms with E-state index >= 15 is 0 Å². The van der Waals surface area contributed by atoms with Crippen LogP contribution in [0.4, 0.5) is 0 Å². The molecule has 0 aromatic carbocycles. The minimum absolute atomic E-state index is 0.610. The van der Waals surface area contributed by atoms with E-state index in [0.717, 1.165) is 25.9 Å². The summed E-state index contributed by atoms with van der Waals surface area (Å²) in [4.78, 5) is 6.03. The van der Waals surface area contributed by atoms with Crippen molar-refractivity contribution in [2.24, 2.45) is 16.5 Å². The van der Waals surface area contributed by atoms with Gasteiger partial charge in [-0.05, 0) is 19.4 Å². The van der Waals surface area contributed by atoms with Crippen LogP contribution < -0.4 is 11.5 Å². The highest BCUT2D eigenvalue weighted by molar-refractivity contribution is 5.77. The second-order valence-electron chi connectivity index (χ2n) is 3.34. The molecule has 13 heavy (non-hydrogen) atoms. The van der Waals surface area contributed by atoms with Gasteiger partial charge in [-0.3, -0.25) is 4.99 Å². The van der Waals surface area contributed by atoms with Gasteiger partial charge in [-0.2, -0.15) is 0 Å². The lowest BCUT2D eigenvalue weighted by Crippen LogP contribution is -2.30. The molecular weight excluding hydrogens is 164 g/mol. The fourth-order valence-electron chi connectivity index (χ4n) is 0.945. The molecule has 0 saturated heterocycles. The number of nitrogens with two attached hydrogens (primary N) is 2. The summed E-state index contributed by atoms with van der Waals surface area (Å²) in [5.41, 5.74) is 11.0. The average molecular weight is 186 g/mol. The zero-order valence-electron chi connectivity index (χ0n) is 8.79. The van der Waals surface area contributed by atoms with Crippen molar-refractivity contribution in [1.82, 2.24) is 4.90 Å². The topological polar surface area (TPSA) is 67.6 Å². The predicted molar refractivity (Wildman–Crippen MR) is 57.7 cm³/mol.